The molecule has 38 heavy (non-hydrogen) atoms. The molecule has 5 aromatic rings. The zero-order valence-corrected chi connectivity index (χ0v) is 21.9. The van der Waals surface area contributed by atoms with Crippen LogP contribution in [0.3, 0.4) is 0 Å². The summed E-state index contributed by atoms with van der Waals surface area (Å²) >= 11 is 0. The van der Waals surface area contributed by atoms with Crippen LogP contribution in [0, 0.1) is 5.82 Å². The van der Waals surface area contributed by atoms with E-state index in [1.165, 1.54) is 30.6 Å². The van der Waals surface area contributed by atoms with Gasteiger partial charge < -0.3 is 5.32 Å². The van der Waals surface area contributed by atoms with Crippen LogP contribution < -0.4 is 10.0 Å². The highest BCUT2D eigenvalue weighted by Gasteiger charge is 2.23. The molecule has 194 valence electrons. The molecule has 9 nitrogen and oxygen atoms in total. The molecule has 2 N–H and O–H groups in total. The minimum absolute atomic E-state index is 0.0103. The quantitative estimate of drug-likeness (QED) is 0.313. The first-order valence-electron chi connectivity index (χ1n) is 11.9. The predicted octanol–water partition coefficient (Wildman–Crippen LogP) is 4.68. The summed E-state index contributed by atoms with van der Waals surface area (Å²) in [6.07, 6.45) is 6.30. The lowest BCUT2D eigenvalue weighted by molar-refractivity contribution is 0.491. The molecule has 0 atom stereocenters. The Labute approximate surface area is 219 Å². The van der Waals surface area contributed by atoms with Gasteiger partial charge in [0.25, 0.3) is 0 Å². The Bertz CT molecular complexity index is 1700. The highest BCUT2D eigenvalue weighted by atomic mass is 32.2. The number of pyridine rings is 2. The van der Waals surface area contributed by atoms with Crippen LogP contribution in [0.25, 0.3) is 28.0 Å². The van der Waals surface area contributed by atoms with Crippen molar-refractivity contribution >= 4 is 21.4 Å². The van der Waals surface area contributed by atoms with Crippen molar-refractivity contribution in [2.24, 2.45) is 0 Å². The van der Waals surface area contributed by atoms with Crippen molar-refractivity contribution < 1.29 is 12.8 Å². The molecule has 11 heteroatoms. The smallest absolute Gasteiger partial charge is 0.242 e. The molecule has 4 heterocycles. The summed E-state index contributed by atoms with van der Waals surface area (Å²) < 4.78 is 43.7. The summed E-state index contributed by atoms with van der Waals surface area (Å²) in [6.45, 7) is 5.69. The number of nitrogens with zero attached hydrogens (tertiary/aromatic N) is 5. The molecule has 4 aromatic heterocycles. The normalized spacial score (nSPS) is 12.1. The second kappa shape index (κ2) is 9.92. The maximum Gasteiger partial charge on any atom is 0.242 e. The minimum Gasteiger partial charge on any atom is -0.363 e. The van der Waals surface area contributed by atoms with Gasteiger partial charge in [-0.1, -0.05) is 18.2 Å². The number of hydrogen-bond donors (Lipinski definition) is 2. The molecule has 0 fully saturated rings. The molecule has 0 radical (unpaired) electrons. The molecule has 0 amide bonds. The van der Waals surface area contributed by atoms with Gasteiger partial charge in [-0.25, -0.2) is 27.0 Å². The zero-order chi connectivity index (χ0) is 26.9. The minimum atomic E-state index is -3.81. The molecule has 0 aliphatic heterocycles. The third-order valence-corrected chi connectivity index (χ3v) is 7.28. The van der Waals surface area contributed by atoms with Gasteiger partial charge >= 0.3 is 0 Å². The van der Waals surface area contributed by atoms with E-state index >= 15 is 0 Å². The van der Waals surface area contributed by atoms with Crippen molar-refractivity contribution in [2.45, 2.75) is 37.8 Å². The average Bonchev–Trinajstić information content (AvgIpc) is 3.31. The van der Waals surface area contributed by atoms with Crippen molar-refractivity contribution in [3.05, 3.63) is 90.9 Å². The Morgan fingerprint density at radius 1 is 1.00 bits per heavy atom. The van der Waals surface area contributed by atoms with E-state index in [1.54, 1.807) is 49.8 Å². The second-order valence-electron chi connectivity index (χ2n) is 9.75. The Morgan fingerprint density at radius 2 is 1.79 bits per heavy atom. The fourth-order valence-electron chi connectivity index (χ4n) is 3.96. The fraction of sp³-hybridized carbons (Fsp3) is 0.185. The standard InChI is InChI=1S/C27H26FN7O2S/c1-27(2,3)34-38(36,37)22-14-19(15-29-17-22)25-32-26(31-16-21-6-4-5-12-30-21)24-23(11-13-35(24)33-25)18-7-9-20(28)10-8-18/h4-15,17,34H,16H2,1-3H3,(H,31,32,33). The number of nitrogens with one attached hydrogen (secondary N) is 2. The Balaban J connectivity index is 1.61. The first-order valence-corrected chi connectivity index (χ1v) is 13.4. The average molecular weight is 532 g/mol. The lowest BCUT2D eigenvalue weighted by atomic mass is 10.1. The van der Waals surface area contributed by atoms with Crippen LogP contribution in [-0.4, -0.2) is 38.5 Å². The van der Waals surface area contributed by atoms with Gasteiger partial charge in [-0.2, -0.15) is 0 Å². The predicted molar refractivity (Wildman–Crippen MR) is 143 cm³/mol. The number of aromatic nitrogens is 5. The van der Waals surface area contributed by atoms with Crippen molar-refractivity contribution in [2.75, 3.05) is 5.32 Å². The SMILES string of the molecule is CC(C)(C)NS(=O)(=O)c1cncc(-c2nc(NCc3ccccn3)c3c(-c4ccc(F)cc4)ccn3n2)c1. The summed E-state index contributed by atoms with van der Waals surface area (Å²) in [4.78, 5) is 13.3. The molecule has 0 aliphatic rings. The van der Waals surface area contributed by atoms with Crippen LogP contribution >= 0.6 is 0 Å². The summed E-state index contributed by atoms with van der Waals surface area (Å²) in [5, 5.41) is 7.98. The van der Waals surface area contributed by atoms with E-state index in [9.17, 15) is 12.8 Å². The van der Waals surface area contributed by atoms with Gasteiger partial charge in [-0.05, 0) is 62.7 Å². The van der Waals surface area contributed by atoms with Crippen molar-refractivity contribution in [3.8, 4) is 22.5 Å². The van der Waals surface area contributed by atoms with Crippen LogP contribution in [0.4, 0.5) is 10.2 Å². The third-order valence-electron chi connectivity index (χ3n) is 5.55. The number of rotatable bonds is 7. The van der Waals surface area contributed by atoms with Crippen molar-refractivity contribution in [3.63, 3.8) is 0 Å². The fourth-order valence-corrected chi connectivity index (χ4v) is 5.37. The molecule has 5 rings (SSSR count). The van der Waals surface area contributed by atoms with Crippen LogP contribution in [0.15, 0.2) is 84.3 Å². The number of benzene rings is 1. The van der Waals surface area contributed by atoms with Crippen molar-refractivity contribution in [1.29, 1.82) is 0 Å². The summed E-state index contributed by atoms with van der Waals surface area (Å²) in [6, 6.07) is 15.2. The van der Waals surface area contributed by atoms with Crippen LogP contribution in [0.1, 0.15) is 26.5 Å². The van der Waals surface area contributed by atoms with Gasteiger partial charge in [0.05, 0.1) is 12.2 Å². The highest BCUT2D eigenvalue weighted by Crippen LogP contribution is 2.31. The van der Waals surface area contributed by atoms with Gasteiger partial charge in [0, 0.05) is 41.5 Å². The first kappa shape index (κ1) is 25.4. The van der Waals surface area contributed by atoms with E-state index in [0.717, 1.165) is 16.8 Å². The Hall–Kier alpha value is -4.22. The van der Waals surface area contributed by atoms with E-state index in [0.29, 0.717) is 23.4 Å². The largest absolute Gasteiger partial charge is 0.363 e. The number of anilines is 1. The molecular weight excluding hydrogens is 505 g/mol. The molecule has 0 spiro atoms. The van der Waals surface area contributed by atoms with E-state index < -0.39 is 15.6 Å². The lowest BCUT2D eigenvalue weighted by Crippen LogP contribution is -2.40. The molecule has 1 aromatic carbocycles. The first-order chi connectivity index (χ1) is 18.1. The Kier molecular flexibility index (Phi) is 6.64. The van der Waals surface area contributed by atoms with Crippen LogP contribution in [-0.2, 0) is 16.6 Å². The van der Waals surface area contributed by atoms with E-state index in [1.807, 2.05) is 24.3 Å². The van der Waals surface area contributed by atoms with Gasteiger partial charge in [-0.3, -0.25) is 9.97 Å². The van der Waals surface area contributed by atoms with Crippen molar-refractivity contribution in [1.82, 2.24) is 29.3 Å². The topological polar surface area (TPSA) is 114 Å². The molecule has 0 aliphatic carbocycles. The maximum atomic E-state index is 13.6. The zero-order valence-electron chi connectivity index (χ0n) is 21.1. The van der Waals surface area contributed by atoms with Crippen LogP contribution in [0.5, 0.6) is 0 Å². The number of halogens is 1. The Morgan fingerprint density at radius 3 is 2.50 bits per heavy atom. The monoisotopic (exact) mass is 531 g/mol. The number of fused-ring (bicyclic) bond motifs is 1. The third kappa shape index (κ3) is 5.53. The lowest BCUT2D eigenvalue weighted by Gasteiger charge is -2.20. The molecular formula is C27H26FN7O2S. The maximum absolute atomic E-state index is 13.6. The van der Waals surface area contributed by atoms with Gasteiger partial charge in [0.2, 0.25) is 10.0 Å². The molecule has 0 saturated carbocycles. The number of hydrogen-bond acceptors (Lipinski definition) is 7. The van der Waals surface area contributed by atoms with E-state index in [2.05, 4.69) is 25.1 Å². The van der Waals surface area contributed by atoms with Crippen LogP contribution in [0.2, 0.25) is 0 Å². The molecule has 0 saturated heterocycles. The summed E-state index contributed by atoms with van der Waals surface area (Å²) in [7, 11) is -3.81. The van der Waals surface area contributed by atoms with Gasteiger partial charge in [-0.15, -0.1) is 5.10 Å². The molecule has 0 bridgehead atoms. The molecule has 0 unspecified atom stereocenters. The van der Waals surface area contributed by atoms with E-state index in [4.69, 9.17) is 4.98 Å². The van der Waals surface area contributed by atoms with E-state index in [-0.39, 0.29) is 16.5 Å². The highest BCUT2D eigenvalue weighted by molar-refractivity contribution is 7.89. The number of sulfonamides is 1. The van der Waals surface area contributed by atoms with Gasteiger partial charge in [0.15, 0.2) is 11.6 Å². The summed E-state index contributed by atoms with van der Waals surface area (Å²) in [5.41, 5.74) is 2.88. The second-order valence-corrected chi connectivity index (χ2v) is 11.4. The van der Waals surface area contributed by atoms with Gasteiger partial charge in [0.1, 0.15) is 16.2 Å². The summed E-state index contributed by atoms with van der Waals surface area (Å²) in [5.74, 6) is 0.459.